The summed E-state index contributed by atoms with van der Waals surface area (Å²) in [4.78, 5) is 13.7. The Bertz CT molecular complexity index is 714. The molecule has 0 radical (unpaired) electrons. The first kappa shape index (κ1) is 13.8. The number of aryl methyl sites for hydroxylation is 2. The van der Waals surface area contributed by atoms with Gasteiger partial charge in [0.2, 0.25) is 5.91 Å². The Morgan fingerprint density at radius 3 is 2.48 bits per heavy atom. The summed E-state index contributed by atoms with van der Waals surface area (Å²) in [5, 5.41) is 0. The van der Waals surface area contributed by atoms with Crippen molar-refractivity contribution < 1.29 is 9.18 Å². The van der Waals surface area contributed by atoms with Crippen LogP contribution in [-0.2, 0) is 4.79 Å². The van der Waals surface area contributed by atoms with Crippen LogP contribution in [0.2, 0.25) is 0 Å². The van der Waals surface area contributed by atoms with Crippen LogP contribution in [0.5, 0.6) is 0 Å². The summed E-state index contributed by atoms with van der Waals surface area (Å²) in [6, 6.07) is 11.1. The molecule has 2 aromatic carbocycles. The van der Waals surface area contributed by atoms with Gasteiger partial charge in [0.25, 0.3) is 0 Å². The van der Waals surface area contributed by atoms with Crippen LogP contribution in [0.4, 0.5) is 10.1 Å². The van der Waals surface area contributed by atoms with E-state index in [0.717, 1.165) is 16.8 Å². The van der Waals surface area contributed by atoms with E-state index in [0.29, 0.717) is 5.56 Å². The monoisotopic (exact) mass is 284 g/mol. The van der Waals surface area contributed by atoms with Gasteiger partial charge in [0.15, 0.2) is 0 Å². The van der Waals surface area contributed by atoms with Gasteiger partial charge >= 0.3 is 0 Å². The van der Waals surface area contributed by atoms with Crippen molar-refractivity contribution in [3.8, 4) is 0 Å². The zero-order chi connectivity index (χ0) is 15.1. The fraction of sp³-hybridized carbons (Fsp3) is 0.235. The van der Waals surface area contributed by atoms with E-state index in [1.807, 2.05) is 32.0 Å². The number of halogens is 1. The second kappa shape index (κ2) is 4.97. The first-order valence-corrected chi connectivity index (χ1v) is 6.91. The number of β-lactam (4-membered cyclic amide) rings is 1. The number of carbonyl (C=O) groups is 1. The maximum Gasteiger partial charge on any atom is 0.247 e. The predicted octanol–water partition coefficient (Wildman–Crippen LogP) is 2.86. The molecule has 1 heterocycles. The first-order chi connectivity index (χ1) is 10.0. The molecule has 2 atom stereocenters. The Balaban J connectivity index is 2.02. The molecule has 0 aromatic heterocycles. The number of amides is 1. The molecule has 1 saturated heterocycles. The minimum absolute atomic E-state index is 0.175. The molecule has 1 amide bonds. The molecule has 0 bridgehead atoms. The predicted molar refractivity (Wildman–Crippen MR) is 80.5 cm³/mol. The number of hydrogen-bond acceptors (Lipinski definition) is 2. The van der Waals surface area contributed by atoms with Gasteiger partial charge in [0, 0.05) is 11.3 Å². The van der Waals surface area contributed by atoms with E-state index >= 15 is 0 Å². The van der Waals surface area contributed by atoms with E-state index in [2.05, 4.69) is 0 Å². The normalized spacial score (nSPS) is 21.3. The molecule has 2 aromatic rings. The molecule has 0 spiro atoms. The van der Waals surface area contributed by atoms with Gasteiger partial charge in [-0.15, -0.1) is 0 Å². The lowest BCUT2D eigenvalue weighted by Gasteiger charge is -2.45. The Kier molecular flexibility index (Phi) is 3.26. The van der Waals surface area contributed by atoms with E-state index in [1.54, 1.807) is 23.1 Å². The van der Waals surface area contributed by atoms with Crippen LogP contribution in [0, 0.1) is 19.7 Å². The van der Waals surface area contributed by atoms with Gasteiger partial charge in [-0.25, -0.2) is 4.39 Å². The molecule has 1 fully saturated rings. The van der Waals surface area contributed by atoms with Crippen molar-refractivity contribution in [3.05, 3.63) is 65.0 Å². The quantitative estimate of drug-likeness (QED) is 0.862. The van der Waals surface area contributed by atoms with Crippen molar-refractivity contribution in [1.82, 2.24) is 0 Å². The molecule has 3 rings (SSSR count). The molecule has 21 heavy (non-hydrogen) atoms. The minimum Gasteiger partial charge on any atom is -0.318 e. The molecule has 2 unspecified atom stereocenters. The highest BCUT2D eigenvalue weighted by atomic mass is 19.1. The average molecular weight is 284 g/mol. The Morgan fingerprint density at radius 2 is 1.81 bits per heavy atom. The maximum absolute atomic E-state index is 14.0. The smallest absolute Gasteiger partial charge is 0.247 e. The number of rotatable bonds is 2. The van der Waals surface area contributed by atoms with Gasteiger partial charge in [-0.2, -0.15) is 0 Å². The summed E-state index contributed by atoms with van der Waals surface area (Å²) >= 11 is 0. The summed E-state index contributed by atoms with van der Waals surface area (Å²) < 4.78 is 14.0. The standard InChI is InChI=1S/C17H17FN2O/c1-10-7-8-12(9-11(10)2)20-16(15(19)17(20)21)13-5-3-4-6-14(13)18/h3-9,15-16H,19H2,1-2H3. The van der Waals surface area contributed by atoms with Crippen LogP contribution < -0.4 is 10.6 Å². The van der Waals surface area contributed by atoms with Crippen LogP contribution in [-0.4, -0.2) is 11.9 Å². The summed E-state index contributed by atoms with van der Waals surface area (Å²) in [5.41, 5.74) is 9.37. The van der Waals surface area contributed by atoms with Crippen molar-refractivity contribution in [2.24, 2.45) is 5.73 Å². The molecule has 4 heteroatoms. The highest BCUT2D eigenvalue weighted by Gasteiger charge is 2.47. The lowest BCUT2D eigenvalue weighted by molar-refractivity contribution is -0.126. The fourth-order valence-electron chi connectivity index (χ4n) is 2.72. The third kappa shape index (κ3) is 2.12. The molecule has 3 nitrogen and oxygen atoms in total. The lowest BCUT2D eigenvalue weighted by atomic mass is 9.87. The summed E-state index contributed by atoms with van der Waals surface area (Å²) in [7, 11) is 0. The molecular formula is C17H17FN2O. The number of benzene rings is 2. The van der Waals surface area contributed by atoms with Crippen LogP contribution >= 0.6 is 0 Å². The number of carbonyl (C=O) groups excluding carboxylic acids is 1. The summed E-state index contributed by atoms with van der Waals surface area (Å²) in [6.07, 6.45) is 0. The van der Waals surface area contributed by atoms with E-state index in [-0.39, 0.29) is 11.7 Å². The van der Waals surface area contributed by atoms with Gasteiger partial charge in [-0.3, -0.25) is 4.79 Å². The van der Waals surface area contributed by atoms with Crippen molar-refractivity contribution in [1.29, 1.82) is 0 Å². The highest BCUT2D eigenvalue weighted by Crippen LogP contribution is 2.39. The topological polar surface area (TPSA) is 46.3 Å². The van der Waals surface area contributed by atoms with Gasteiger partial charge in [-0.05, 0) is 43.2 Å². The third-order valence-corrected chi connectivity index (χ3v) is 4.13. The average Bonchev–Trinajstić information content (AvgIpc) is 2.48. The second-order valence-electron chi connectivity index (χ2n) is 5.47. The second-order valence-corrected chi connectivity index (χ2v) is 5.47. The van der Waals surface area contributed by atoms with Crippen molar-refractivity contribution in [2.75, 3.05) is 4.90 Å². The maximum atomic E-state index is 14.0. The van der Waals surface area contributed by atoms with Crippen LogP contribution in [0.25, 0.3) is 0 Å². The van der Waals surface area contributed by atoms with Gasteiger partial charge in [-0.1, -0.05) is 24.3 Å². The highest BCUT2D eigenvalue weighted by molar-refractivity contribution is 6.05. The zero-order valence-electron chi connectivity index (χ0n) is 12.0. The van der Waals surface area contributed by atoms with Gasteiger partial charge in [0.1, 0.15) is 11.9 Å². The number of anilines is 1. The zero-order valence-corrected chi connectivity index (χ0v) is 12.0. The van der Waals surface area contributed by atoms with E-state index in [1.165, 1.54) is 6.07 Å². The van der Waals surface area contributed by atoms with Crippen LogP contribution in [0.3, 0.4) is 0 Å². The van der Waals surface area contributed by atoms with E-state index in [9.17, 15) is 9.18 Å². The molecule has 0 saturated carbocycles. The van der Waals surface area contributed by atoms with Crippen molar-refractivity contribution in [2.45, 2.75) is 25.9 Å². The van der Waals surface area contributed by atoms with Gasteiger partial charge < -0.3 is 10.6 Å². The number of nitrogens with zero attached hydrogens (tertiary/aromatic N) is 1. The lowest BCUT2D eigenvalue weighted by Crippen LogP contribution is -2.63. The fourth-order valence-corrected chi connectivity index (χ4v) is 2.72. The van der Waals surface area contributed by atoms with Crippen molar-refractivity contribution in [3.63, 3.8) is 0 Å². The van der Waals surface area contributed by atoms with Crippen molar-refractivity contribution >= 4 is 11.6 Å². The van der Waals surface area contributed by atoms with E-state index < -0.39 is 12.1 Å². The number of nitrogens with two attached hydrogens (primary N) is 1. The summed E-state index contributed by atoms with van der Waals surface area (Å²) in [6.45, 7) is 4.00. The van der Waals surface area contributed by atoms with Gasteiger partial charge in [0.05, 0.1) is 6.04 Å². The SMILES string of the molecule is Cc1ccc(N2C(=O)C(N)C2c2ccccc2F)cc1C. The molecule has 2 N–H and O–H groups in total. The largest absolute Gasteiger partial charge is 0.318 e. The minimum atomic E-state index is -0.691. The third-order valence-electron chi connectivity index (χ3n) is 4.13. The number of hydrogen-bond donors (Lipinski definition) is 1. The van der Waals surface area contributed by atoms with Crippen LogP contribution in [0.15, 0.2) is 42.5 Å². The Labute approximate surface area is 123 Å². The molecule has 1 aliphatic rings. The Morgan fingerprint density at radius 1 is 1.10 bits per heavy atom. The van der Waals surface area contributed by atoms with E-state index in [4.69, 9.17) is 5.73 Å². The summed E-state index contributed by atoms with van der Waals surface area (Å²) in [5.74, 6) is -0.509. The molecule has 0 aliphatic carbocycles. The first-order valence-electron chi connectivity index (χ1n) is 6.91. The molecule has 108 valence electrons. The molecule has 1 aliphatic heterocycles. The molecular weight excluding hydrogens is 267 g/mol. The Hall–Kier alpha value is -2.20. The van der Waals surface area contributed by atoms with Crippen LogP contribution in [0.1, 0.15) is 22.7 Å².